The van der Waals surface area contributed by atoms with Crippen molar-refractivity contribution in [1.82, 2.24) is 9.47 Å². The first kappa shape index (κ1) is 16.1. The lowest BCUT2D eigenvalue weighted by Gasteiger charge is -2.35. The Morgan fingerprint density at radius 1 is 1.29 bits per heavy atom. The average molecular weight is 292 g/mol. The Kier molecular flexibility index (Phi) is 5.85. The lowest BCUT2D eigenvalue weighted by atomic mass is 10.0. The first-order valence-corrected chi connectivity index (χ1v) is 8.30. The van der Waals surface area contributed by atoms with E-state index in [1.165, 1.54) is 31.6 Å². The Hall–Kier alpha value is -1.29. The van der Waals surface area contributed by atoms with Gasteiger partial charge < -0.3 is 9.30 Å². The second-order valence-corrected chi connectivity index (χ2v) is 5.76. The fourth-order valence-corrected chi connectivity index (χ4v) is 3.32. The van der Waals surface area contributed by atoms with Gasteiger partial charge in [-0.2, -0.15) is 0 Å². The van der Waals surface area contributed by atoms with Gasteiger partial charge in [0.25, 0.3) is 0 Å². The van der Waals surface area contributed by atoms with Crippen LogP contribution in [0.3, 0.4) is 0 Å². The van der Waals surface area contributed by atoms with E-state index in [9.17, 15) is 4.79 Å². The van der Waals surface area contributed by atoms with Crippen LogP contribution < -0.4 is 0 Å². The third kappa shape index (κ3) is 3.67. The van der Waals surface area contributed by atoms with Gasteiger partial charge >= 0.3 is 5.97 Å². The van der Waals surface area contributed by atoms with Crippen molar-refractivity contribution in [3.8, 4) is 0 Å². The third-order valence-electron chi connectivity index (χ3n) is 4.22. The van der Waals surface area contributed by atoms with E-state index in [4.69, 9.17) is 4.74 Å². The minimum absolute atomic E-state index is 0.193. The molecule has 2 heterocycles. The number of nitrogens with zero attached hydrogens (tertiary/aromatic N) is 2. The van der Waals surface area contributed by atoms with Crippen molar-refractivity contribution in [3.63, 3.8) is 0 Å². The van der Waals surface area contributed by atoms with Gasteiger partial charge in [-0.1, -0.05) is 13.8 Å². The van der Waals surface area contributed by atoms with Gasteiger partial charge in [0.05, 0.1) is 6.61 Å². The minimum atomic E-state index is -0.193. The predicted molar refractivity (Wildman–Crippen MR) is 84.7 cm³/mol. The molecule has 1 aliphatic rings. The molecule has 0 amide bonds. The molecule has 1 aliphatic heterocycles. The smallest absolute Gasteiger partial charge is 0.354 e. The molecule has 1 aromatic rings. The van der Waals surface area contributed by atoms with Crippen LogP contribution in [-0.4, -0.2) is 41.2 Å². The number of rotatable bonds is 7. The summed E-state index contributed by atoms with van der Waals surface area (Å²) in [6.45, 7) is 10.0. The Bertz CT molecular complexity index is 461. The number of ether oxygens (including phenoxy) is 1. The standard InChI is InChI=1S/C17H28N2O2/c1-4-10-18(11-5-2)14-9-12-19-15(13-14)7-8-16(19)17(20)21-6-3/h7-8,14H,4-6,9-13H2,1-3H3/t14-/m0/s1. The summed E-state index contributed by atoms with van der Waals surface area (Å²) in [4.78, 5) is 14.6. The van der Waals surface area contributed by atoms with Crippen LogP contribution >= 0.6 is 0 Å². The highest BCUT2D eigenvalue weighted by Crippen LogP contribution is 2.23. The number of hydrogen-bond acceptors (Lipinski definition) is 3. The van der Waals surface area contributed by atoms with Gasteiger partial charge in [-0.05, 0) is 51.4 Å². The SMILES string of the molecule is CCCN(CCC)[C@H]1CCn2c(ccc2C(=O)OCC)C1. The van der Waals surface area contributed by atoms with E-state index >= 15 is 0 Å². The van der Waals surface area contributed by atoms with Crippen molar-refractivity contribution in [2.75, 3.05) is 19.7 Å². The van der Waals surface area contributed by atoms with E-state index in [1.807, 2.05) is 13.0 Å². The largest absolute Gasteiger partial charge is 0.461 e. The first-order chi connectivity index (χ1) is 10.2. The summed E-state index contributed by atoms with van der Waals surface area (Å²) in [5.74, 6) is -0.193. The molecule has 0 aromatic carbocycles. The van der Waals surface area contributed by atoms with Crippen molar-refractivity contribution in [1.29, 1.82) is 0 Å². The molecule has 118 valence electrons. The molecule has 0 spiro atoms. The molecule has 0 radical (unpaired) electrons. The van der Waals surface area contributed by atoms with E-state index in [1.54, 1.807) is 0 Å². The average Bonchev–Trinajstić information content (AvgIpc) is 2.90. The van der Waals surface area contributed by atoms with E-state index < -0.39 is 0 Å². The molecule has 1 aromatic heterocycles. The van der Waals surface area contributed by atoms with Gasteiger partial charge in [-0.25, -0.2) is 4.79 Å². The number of carbonyl (C=O) groups excluding carboxylic acids is 1. The van der Waals surface area contributed by atoms with Gasteiger partial charge in [0.1, 0.15) is 5.69 Å². The third-order valence-corrected chi connectivity index (χ3v) is 4.22. The number of fused-ring (bicyclic) bond motifs is 1. The maximum atomic E-state index is 11.9. The lowest BCUT2D eigenvalue weighted by Crippen LogP contribution is -2.41. The Balaban J connectivity index is 2.09. The minimum Gasteiger partial charge on any atom is -0.461 e. The lowest BCUT2D eigenvalue weighted by molar-refractivity contribution is 0.0510. The van der Waals surface area contributed by atoms with Crippen molar-refractivity contribution < 1.29 is 9.53 Å². The molecule has 0 aliphatic carbocycles. The summed E-state index contributed by atoms with van der Waals surface area (Å²) in [6.07, 6.45) is 4.56. The number of carbonyl (C=O) groups is 1. The van der Waals surface area contributed by atoms with Gasteiger partial charge in [0.2, 0.25) is 0 Å². The maximum absolute atomic E-state index is 11.9. The fraction of sp³-hybridized carbons (Fsp3) is 0.706. The molecular weight excluding hydrogens is 264 g/mol. The molecule has 0 saturated carbocycles. The van der Waals surface area contributed by atoms with Crippen LogP contribution in [-0.2, 0) is 17.7 Å². The van der Waals surface area contributed by atoms with Gasteiger partial charge in [-0.3, -0.25) is 4.90 Å². The normalized spacial score (nSPS) is 17.8. The van der Waals surface area contributed by atoms with Gasteiger partial charge in [0.15, 0.2) is 0 Å². The summed E-state index contributed by atoms with van der Waals surface area (Å²) in [5, 5.41) is 0. The van der Waals surface area contributed by atoms with E-state index in [0.29, 0.717) is 18.3 Å². The molecule has 0 unspecified atom stereocenters. The summed E-state index contributed by atoms with van der Waals surface area (Å²) in [5.41, 5.74) is 1.98. The Morgan fingerprint density at radius 2 is 2.00 bits per heavy atom. The van der Waals surface area contributed by atoms with Crippen molar-refractivity contribution in [2.24, 2.45) is 0 Å². The summed E-state index contributed by atoms with van der Waals surface area (Å²) in [6, 6.07) is 4.62. The molecule has 0 fully saturated rings. The van der Waals surface area contributed by atoms with Crippen LogP contribution in [0.25, 0.3) is 0 Å². The van der Waals surface area contributed by atoms with Crippen molar-refractivity contribution in [2.45, 2.75) is 59.0 Å². The summed E-state index contributed by atoms with van der Waals surface area (Å²) in [7, 11) is 0. The highest BCUT2D eigenvalue weighted by molar-refractivity contribution is 5.88. The van der Waals surface area contributed by atoms with Crippen LogP contribution in [0, 0.1) is 0 Å². The quantitative estimate of drug-likeness (QED) is 0.724. The van der Waals surface area contributed by atoms with Gasteiger partial charge in [-0.15, -0.1) is 0 Å². The molecule has 1 atom stereocenters. The zero-order valence-electron chi connectivity index (χ0n) is 13.6. The zero-order chi connectivity index (χ0) is 15.2. The van der Waals surface area contributed by atoms with E-state index in [2.05, 4.69) is 29.4 Å². The molecule has 0 bridgehead atoms. The van der Waals surface area contributed by atoms with Gasteiger partial charge in [0, 0.05) is 24.7 Å². The second kappa shape index (κ2) is 7.64. The Labute approximate surface area is 128 Å². The topological polar surface area (TPSA) is 34.5 Å². The van der Waals surface area contributed by atoms with Crippen molar-refractivity contribution in [3.05, 3.63) is 23.5 Å². The van der Waals surface area contributed by atoms with Crippen LogP contribution in [0.1, 0.15) is 56.2 Å². The molecule has 4 heteroatoms. The Morgan fingerprint density at radius 3 is 2.62 bits per heavy atom. The number of hydrogen-bond donors (Lipinski definition) is 0. The highest BCUT2D eigenvalue weighted by Gasteiger charge is 2.26. The number of aromatic nitrogens is 1. The van der Waals surface area contributed by atoms with Crippen molar-refractivity contribution >= 4 is 5.97 Å². The van der Waals surface area contributed by atoms with Crippen LogP contribution in [0.4, 0.5) is 0 Å². The second-order valence-electron chi connectivity index (χ2n) is 5.76. The molecule has 21 heavy (non-hydrogen) atoms. The van der Waals surface area contributed by atoms with Crippen LogP contribution in [0.2, 0.25) is 0 Å². The summed E-state index contributed by atoms with van der Waals surface area (Å²) >= 11 is 0. The molecule has 0 N–H and O–H groups in total. The maximum Gasteiger partial charge on any atom is 0.354 e. The van der Waals surface area contributed by atoms with Crippen LogP contribution in [0.5, 0.6) is 0 Å². The van der Waals surface area contributed by atoms with Crippen LogP contribution in [0.15, 0.2) is 12.1 Å². The first-order valence-electron chi connectivity index (χ1n) is 8.30. The summed E-state index contributed by atoms with van der Waals surface area (Å²) < 4.78 is 7.28. The molecule has 0 saturated heterocycles. The predicted octanol–water partition coefficient (Wildman–Crippen LogP) is 3.10. The van der Waals surface area contributed by atoms with E-state index in [0.717, 1.165) is 19.4 Å². The number of esters is 1. The monoisotopic (exact) mass is 292 g/mol. The fourth-order valence-electron chi connectivity index (χ4n) is 3.32. The molecular formula is C17H28N2O2. The van der Waals surface area contributed by atoms with E-state index in [-0.39, 0.29) is 5.97 Å². The molecule has 2 rings (SSSR count). The molecule has 4 nitrogen and oxygen atoms in total. The zero-order valence-corrected chi connectivity index (χ0v) is 13.6. The highest BCUT2D eigenvalue weighted by atomic mass is 16.5.